The average Bonchev–Trinajstić information content (AvgIpc) is 3.81. The van der Waals surface area contributed by atoms with Crippen LogP contribution < -0.4 is 4.90 Å². The largest absolute Gasteiger partial charge is 0.456 e. The van der Waals surface area contributed by atoms with Gasteiger partial charge in [-0.1, -0.05) is 212 Å². The minimum atomic E-state index is 0.858. The van der Waals surface area contributed by atoms with Gasteiger partial charge in [-0.2, -0.15) is 0 Å². The van der Waals surface area contributed by atoms with E-state index < -0.39 is 0 Å². The number of furan rings is 1. The van der Waals surface area contributed by atoms with E-state index in [-0.39, 0.29) is 0 Å². The summed E-state index contributed by atoms with van der Waals surface area (Å²) in [5.74, 6) is 0. The SMILES string of the molecule is c1ccc(-c2c(-c3ccccc3)c3cc(-c4cccc(N(c5ccc(-c6ccc(-c7cccc8ccccc78)cc6)cc5)c5cccc6oc7ccccc7c56)c4)ccc3c3ccccc23)cc1. The lowest BCUT2D eigenvalue weighted by molar-refractivity contribution is 0.669. The summed E-state index contributed by atoms with van der Waals surface area (Å²) >= 11 is 0. The molecule has 0 atom stereocenters. The van der Waals surface area contributed by atoms with Gasteiger partial charge >= 0.3 is 0 Å². The molecule has 13 aromatic rings. The summed E-state index contributed by atoms with van der Waals surface area (Å²) < 4.78 is 6.48. The van der Waals surface area contributed by atoms with Crippen LogP contribution in [0.5, 0.6) is 0 Å². The fourth-order valence-corrected chi connectivity index (χ4v) is 10.5. The molecule has 0 radical (unpaired) electrons. The van der Waals surface area contributed by atoms with Crippen molar-refractivity contribution in [2.24, 2.45) is 0 Å². The summed E-state index contributed by atoms with van der Waals surface area (Å²) in [4.78, 5) is 2.39. The number of anilines is 3. The van der Waals surface area contributed by atoms with Crippen molar-refractivity contribution >= 4 is 71.3 Å². The predicted octanol–water partition coefficient (Wildman–Crippen LogP) is 18.9. The maximum atomic E-state index is 6.48. The third kappa shape index (κ3) is 6.73. The average molecular weight is 866 g/mol. The van der Waals surface area contributed by atoms with Crippen LogP contribution in [-0.4, -0.2) is 0 Å². The van der Waals surface area contributed by atoms with Crippen LogP contribution in [0.1, 0.15) is 0 Å². The smallest absolute Gasteiger partial charge is 0.137 e. The Balaban J connectivity index is 0.955. The Hall–Kier alpha value is -8.98. The molecule has 0 saturated heterocycles. The monoisotopic (exact) mass is 865 g/mol. The van der Waals surface area contributed by atoms with Gasteiger partial charge in [0.05, 0.1) is 11.1 Å². The van der Waals surface area contributed by atoms with Gasteiger partial charge in [-0.25, -0.2) is 0 Å². The predicted molar refractivity (Wildman–Crippen MR) is 288 cm³/mol. The van der Waals surface area contributed by atoms with Crippen molar-refractivity contribution in [1.29, 1.82) is 0 Å². The van der Waals surface area contributed by atoms with E-state index in [9.17, 15) is 0 Å². The molecule has 1 aromatic heterocycles. The fraction of sp³-hybridized carbons (Fsp3) is 0. The molecule has 68 heavy (non-hydrogen) atoms. The van der Waals surface area contributed by atoms with Gasteiger partial charge in [-0.3, -0.25) is 0 Å². The Morgan fingerprint density at radius 3 is 1.54 bits per heavy atom. The maximum absolute atomic E-state index is 6.48. The normalized spacial score (nSPS) is 11.5. The summed E-state index contributed by atoms with van der Waals surface area (Å²) in [6.45, 7) is 0. The quantitative estimate of drug-likeness (QED) is 0.142. The second-order valence-corrected chi connectivity index (χ2v) is 17.6. The van der Waals surface area contributed by atoms with Crippen LogP contribution >= 0.6 is 0 Å². The Labute approximate surface area is 395 Å². The number of rotatable bonds is 8. The van der Waals surface area contributed by atoms with Crippen molar-refractivity contribution in [3.05, 3.63) is 261 Å². The molecule has 2 heteroatoms. The van der Waals surface area contributed by atoms with Crippen molar-refractivity contribution in [3.63, 3.8) is 0 Å². The molecule has 0 aliphatic heterocycles. The molecular weight excluding hydrogens is 823 g/mol. The molecule has 2 nitrogen and oxygen atoms in total. The number of para-hydroxylation sites is 1. The second-order valence-electron chi connectivity index (χ2n) is 17.6. The van der Waals surface area contributed by atoms with E-state index in [1.807, 2.05) is 6.07 Å². The summed E-state index contributed by atoms with van der Waals surface area (Å²) in [5, 5.41) is 9.65. The molecule has 1 heterocycles. The molecule has 13 rings (SSSR count). The van der Waals surface area contributed by atoms with Gasteiger partial charge in [0.25, 0.3) is 0 Å². The van der Waals surface area contributed by atoms with Crippen LogP contribution in [0, 0.1) is 0 Å². The molecule has 0 fully saturated rings. The first kappa shape index (κ1) is 39.4. The number of fused-ring (bicyclic) bond motifs is 7. The Morgan fingerprint density at radius 2 is 0.779 bits per heavy atom. The van der Waals surface area contributed by atoms with E-state index in [2.05, 4.69) is 260 Å². The lowest BCUT2D eigenvalue weighted by Crippen LogP contribution is -2.10. The van der Waals surface area contributed by atoms with E-state index >= 15 is 0 Å². The number of nitrogens with zero attached hydrogens (tertiary/aromatic N) is 1. The van der Waals surface area contributed by atoms with Crippen molar-refractivity contribution in [2.75, 3.05) is 4.90 Å². The minimum Gasteiger partial charge on any atom is -0.456 e. The van der Waals surface area contributed by atoms with Crippen molar-refractivity contribution < 1.29 is 4.42 Å². The van der Waals surface area contributed by atoms with Gasteiger partial charge in [0, 0.05) is 16.8 Å². The fourth-order valence-electron chi connectivity index (χ4n) is 10.5. The van der Waals surface area contributed by atoms with E-state index in [0.717, 1.165) is 55.7 Å². The lowest BCUT2D eigenvalue weighted by atomic mass is 9.84. The molecule has 0 spiro atoms. The topological polar surface area (TPSA) is 16.4 Å². The highest BCUT2D eigenvalue weighted by molar-refractivity contribution is 6.22. The van der Waals surface area contributed by atoms with Crippen LogP contribution in [0.25, 0.3) is 110 Å². The molecule has 0 amide bonds. The molecular formula is C66H43NO. The van der Waals surface area contributed by atoms with Crippen LogP contribution in [0.15, 0.2) is 265 Å². The Kier molecular flexibility index (Phi) is 9.54. The van der Waals surface area contributed by atoms with Crippen LogP contribution in [0.2, 0.25) is 0 Å². The molecule has 0 aliphatic carbocycles. The van der Waals surface area contributed by atoms with Crippen molar-refractivity contribution in [1.82, 2.24) is 0 Å². The first-order valence-electron chi connectivity index (χ1n) is 23.3. The third-order valence-corrected chi connectivity index (χ3v) is 13.7. The molecule has 0 bridgehead atoms. The number of benzene rings is 12. The zero-order chi connectivity index (χ0) is 45.0. The zero-order valence-corrected chi connectivity index (χ0v) is 37.2. The Bertz CT molecular complexity index is 3990. The third-order valence-electron chi connectivity index (χ3n) is 13.7. The summed E-state index contributed by atoms with van der Waals surface area (Å²) in [6.07, 6.45) is 0. The molecule has 0 unspecified atom stereocenters. The van der Waals surface area contributed by atoms with Gasteiger partial charge in [0.1, 0.15) is 11.2 Å². The van der Waals surface area contributed by atoms with Crippen LogP contribution in [-0.2, 0) is 0 Å². The van der Waals surface area contributed by atoms with Gasteiger partial charge in [0.15, 0.2) is 0 Å². The van der Waals surface area contributed by atoms with E-state index in [1.165, 1.54) is 71.3 Å². The minimum absolute atomic E-state index is 0.858. The second kappa shape index (κ2) is 16.5. The first-order chi connectivity index (χ1) is 33.7. The summed E-state index contributed by atoms with van der Waals surface area (Å²) in [6, 6.07) is 94.4. The molecule has 0 N–H and O–H groups in total. The molecule has 318 valence electrons. The van der Waals surface area contributed by atoms with Gasteiger partial charge in [-0.15, -0.1) is 0 Å². The van der Waals surface area contributed by atoms with Gasteiger partial charge in [-0.05, 0) is 136 Å². The lowest BCUT2D eigenvalue weighted by Gasteiger charge is -2.27. The zero-order valence-electron chi connectivity index (χ0n) is 37.2. The van der Waals surface area contributed by atoms with E-state index in [1.54, 1.807) is 0 Å². The Morgan fingerprint density at radius 1 is 0.265 bits per heavy atom. The van der Waals surface area contributed by atoms with E-state index in [4.69, 9.17) is 4.42 Å². The van der Waals surface area contributed by atoms with Crippen LogP contribution in [0.4, 0.5) is 17.1 Å². The van der Waals surface area contributed by atoms with Gasteiger partial charge < -0.3 is 9.32 Å². The highest BCUT2D eigenvalue weighted by atomic mass is 16.3. The van der Waals surface area contributed by atoms with Crippen LogP contribution in [0.3, 0.4) is 0 Å². The van der Waals surface area contributed by atoms with E-state index in [0.29, 0.717) is 0 Å². The molecule has 0 aliphatic rings. The maximum Gasteiger partial charge on any atom is 0.137 e. The van der Waals surface area contributed by atoms with Gasteiger partial charge in [0.2, 0.25) is 0 Å². The highest BCUT2D eigenvalue weighted by Crippen LogP contribution is 2.47. The number of hydrogen-bond acceptors (Lipinski definition) is 2. The first-order valence-corrected chi connectivity index (χ1v) is 23.3. The summed E-state index contributed by atoms with van der Waals surface area (Å²) in [7, 11) is 0. The highest BCUT2D eigenvalue weighted by Gasteiger charge is 2.22. The molecule has 12 aromatic carbocycles. The van der Waals surface area contributed by atoms with Crippen molar-refractivity contribution in [2.45, 2.75) is 0 Å². The summed E-state index contributed by atoms with van der Waals surface area (Å²) in [5.41, 5.74) is 16.9. The number of hydrogen-bond donors (Lipinski definition) is 0. The standard InChI is InChI=1S/C66H43NO/c1-3-17-48(18-4-1)64-58-26-10-9-25-56(58)57-41-38-51(43-60(57)65(64)49-19-5-2-6-20-49)50-22-13-23-53(42-50)67(61-29-15-31-63-66(61)59-27-11-12-30-62(59)68-63)52-39-36-45(37-40-52)44-32-34-47(35-33-44)55-28-14-21-46-16-7-8-24-54(46)55/h1-43H. The molecule has 0 saturated carbocycles. The van der Waals surface area contributed by atoms with Crippen molar-refractivity contribution in [3.8, 4) is 55.6 Å².